The van der Waals surface area contributed by atoms with Crippen LogP contribution in [0.1, 0.15) is 5.56 Å². The lowest BCUT2D eigenvalue weighted by Gasteiger charge is -2.06. The van der Waals surface area contributed by atoms with Crippen LogP contribution in [0.25, 0.3) is 0 Å². The molecule has 0 aliphatic heterocycles. The lowest BCUT2D eigenvalue weighted by molar-refractivity contribution is -0.112. The van der Waals surface area contributed by atoms with E-state index in [0.29, 0.717) is 16.9 Å². The molecular formula is C17H11FN4O. The van der Waals surface area contributed by atoms with Crippen molar-refractivity contribution >= 4 is 17.3 Å². The van der Waals surface area contributed by atoms with Gasteiger partial charge < -0.3 is 10.6 Å². The van der Waals surface area contributed by atoms with Crippen molar-refractivity contribution in [3.05, 3.63) is 71.7 Å². The summed E-state index contributed by atoms with van der Waals surface area (Å²) in [6.45, 7) is 0. The second-order valence-corrected chi connectivity index (χ2v) is 4.43. The van der Waals surface area contributed by atoms with E-state index in [0.717, 1.165) is 0 Å². The van der Waals surface area contributed by atoms with Gasteiger partial charge in [-0.2, -0.15) is 10.5 Å². The van der Waals surface area contributed by atoms with Crippen molar-refractivity contribution in [1.82, 2.24) is 0 Å². The molecule has 0 saturated heterocycles. The second kappa shape index (κ2) is 7.39. The van der Waals surface area contributed by atoms with Gasteiger partial charge >= 0.3 is 0 Å². The van der Waals surface area contributed by atoms with Gasteiger partial charge in [0.25, 0.3) is 5.91 Å². The smallest absolute Gasteiger partial charge is 0.267 e. The van der Waals surface area contributed by atoms with E-state index in [1.807, 2.05) is 6.07 Å². The monoisotopic (exact) mass is 306 g/mol. The first-order valence-electron chi connectivity index (χ1n) is 6.57. The largest absolute Gasteiger partial charge is 0.360 e. The highest BCUT2D eigenvalue weighted by Crippen LogP contribution is 2.15. The molecule has 1 amide bonds. The summed E-state index contributed by atoms with van der Waals surface area (Å²) in [5, 5.41) is 23.3. The van der Waals surface area contributed by atoms with Crippen LogP contribution < -0.4 is 10.6 Å². The molecular weight excluding hydrogens is 295 g/mol. The molecule has 0 atom stereocenters. The minimum Gasteiger partial charge on any atom is -0.360 e. The molecule has 0 aromatic heterocycles. The first-order chi connectivity index (χ1) is 11.1. The minimum atomic E-state index is -0.648. The van der Waals surface area contributed by atoms with Gasteiger partial charge in [0.2, 0.25) is 0 Å². The first kappa shape index (κ1) is 15.7. The fourth-order valence-corrected chi connectivity index (χ4v) is 1.73. The number of hydrogen-bond donors (Lipinski definition) is 2. The van der Waals surface area contributed by atoms with E-state index < -0.39 is 5.91 Å². The lowest BCUT2D eigenvalue weighted by Crippen LogP contribution is -2.15. The van der Waals surface area contributed by atoms with Crippen LogP contribution >= 0.6 is 0 Å². The molecule has 0 unspecified atom stereocenters. The maximum absolute atomic E-state index is 12.8. The zero-order valence-electron chi connectivity index (χ0n) is 11.9. The molecule has 112 valence electrons. The molecule has 23 heavy (non-hydrogen) atoms. The highest BCUT2D eigenvalue weighted by atomic mass is 19.1. The van der Waals surface area contributed by atoms with Gasteiger partial charge in [0.1, 0.15) is 23.5 Å². The van der Waals surface area contributed by atoms with Gasteiger partial charge in [0.15, 0.2) is 0 Å². The predicted octanol–water partition coefficient (Wildman–Crippen LogP) is 3.16. The molecule has 0 radical (unpaired) electrons. The van der Waals surface area contributed by atoms with Crippen LogP contribution in [0.2, 0.25) is 0 Å². The number of carbonyl (C=O) groups excluding carboxylic acids is 1. The fourth-order valence-electron chi connectivity index (χ4n) is 1.73. The third kappa shape index (κ3) is 4.16. The summed E-state index contributed by atoms with van der Waals surface area (Å²) in [5.74, 6) is -1.03. The van der Waals surface area contributed by atoms with Gasteiger partial charge in [-0.3, -0.25) is 4.79 Å². The number of rotatable bonds is 4. The summed E-state index contributed by atoms with van der Waals surface area (Å²) >= 11 is 0. The van der Waals surface area contributed by atoms with Crippen LogP contribution in [0.3, 0.4) is 0 Å². The van der Waals surface area contributed by atoms with Gasteiger partial charge in [0.05, 0.1) is 11.3 Å². The number of carbonyl (C=O) groups is 1. The number of hydrogen-bond acceptors (Lipinski definition) is 4. The van der Waals surface area contributed by atoms with Crippen LogP contribution in [0.4, 0.5) is 15.8 Å². The Labute approximate surface area is 132 Å². The van der Waals surface area contributed by atoms with Crippen LogP contribution in [0.15, 0.2) is 60.3 Å². The zero-order chi connectivity index (χ0) is 16.7. The quantitative estimate of drug-likeness (QED) is 0.671. The topological polar surface area (TPSA) is 88.7 Å². The first-order valence-corrected chi connectivity index (χ1v) is 6.57. The van der Waals surface area contributed by atoms with Crippen LogP contribution in [0, 0.1) is 28.5 Å². The molecule has 0 spiro atoms. The molecule has 0 aliphatic rings. The van der Waals surface area contributed by atoms with Crippen molar-refractivity contribution < 1.29 is 9.18 Å². The van der Waals surface area contributed by atoms with Gasteiger partial charge in [-0.1, -0.05) is 12.1 Å². The Kier molecular flexibility index (Phi) is 5.06. The van der Waals surface area contributed by atoms with Crippen molar-refractivity contribution in [2.45, 2.75) is 0 Å². The van der Waals surface area contributed by atoms with Gasteiger partial charge in [-0.05, 0) is 36.4 Å². The summed E-state index contributed by atoms with van der Waals surface area (Å²) in [4.78, 5) is 12.1. The highest BCUT2D eigenvalue weighted by Gasteiger charge is 2.11. The average molecular weight is 306 g/mol. The fraction of sp³-hybridized carbons (Fsp3) is 0. The summed E-state index contributed by atoms with van der Waals surface area (Å²) in [5.41, 5.74) is 0.971. The summed E-state index contributed by atoms with van der Waals surface area (Å²) in [6.07, 6.45) is 1.22. The van der Waals surface area contributed by atoms with E-state index in [1.165, 1.54) is 30.5 Å². The van der Waals surface area contributed by atoms with Crippen molar-refractivity contribution in [1.29, 1.82) is 10.5 Å². The van der Waals surface area contributed by atoms with E-state index >= 15 is 0 Å². The number of halogens is 1. The van der Waals surface area contributed by atoms with Gasteiger partial charge in [0, 0.05) is 11.9 Å². The predicted molar refractivity (Wildman–Crippen MR) is 83.5 cm³/mol. The summed E-state index contributed by atoms with van der Waals surface area (Å²) < 4.78 is 12.8. The number of amides is 1. The zero-order valence-corrected chi connectivity index (χ0v) is 11.9. The third-order valence-corrected chi connectivity index (χ3v) is 2.89. The van der Waals surface area contributed by atoms with Crippen LogP contribution in [-0.2, 0) is 4.79 Å². The molecule has 0 fully saturated rings. The number of para-hydroxylation sites is 1. The van der Waals surface area contributed by atoms with E-state index in [9.17, 15) is 9.18 Å². The maximum atomic E-state index is 12.8. The second-order valence-electron chi connectivity index (χ2n) is 4.43. The molecule has 2 aromatic rings. The Morgan fingerprint density at radius 2 is 1.78 bits per heavy atom. The molecule has 0 heterocycles. The molecule has 0 saturated carbocycles. The molecule has 6 heteroatoms. The number of benzene rings is 2. The molecule has 0 aliphatic carbocycles. The molecule has 5 nitrogen and oxygen atoms in total. The Hall–Kier alpha value is -3.64. The highest BCUT2D eigenvalue weighted by molar-refractivity contribution is 6.07. The molecule has 2 rings (SSSR count). The minimum absolute atomic E-state index is 0.179. The van der Waals surface area contributed by atoms with Crippen molar-refractivity contribution in [2.75, 3.05) is 10.6 Å². The Bertz CT molecular complexity index is 829. The van der Waals surface area contributed by atoms with Crippen molar-refractivity contribution in [2.24, 2.45) is 0 Å². The van der Waals surface area contributed by atoms with Crippen molar-refractivity contribution in [3.8, 4) is 12.1 Å². The van der Waals surface area contributed by atoms with Crippen LogP contribution in [0.5, 0.6) is 0 Å². The number of nitriles is 2. The molecule has 2 aromatic carbocycles. The standard InChI is InChI=1S/C17H11FN4O/c18-14-5-7-15(8-6-14)21-11-13(10-20)17(23)22-16-4-2-1-3-12(16)9-19/h1-8,11,21H,(H,22,23)/b13-11-. The SMILES string of the molecule is N#C/C(=C/Nc1ccc(F)cc1)C(=O)Nc1ccccc1C#N. The number of nitrogens with zero attached hydrogens (tertiary/aromatic N) is 2. The normalized spacial score (nSPS) is 10.3. The summed E-state index contributed by atoms with van der Waals surface area (Å²) in [6, 6.07) is 15.7. The number of nitrogens with one attached hydrogen (secondary N) is 2. The Balaban J connectivity index is 2.12. The van der Waals surface area contributed by atoms with E-state index in [-0.39, 0.29) is 11.4 Å². The van der Waals surface area contributed by atoms with Crippen LogP contribution in [-0.4, -0.2) is 5.91 Å². The lowest BCUT2D eigenvalue weighted by atomic mass is 10.2. The van der Waals surface area contributed by atoms with Gasteiger partial charge in [-0.25, -0.2) is 4.39 Å². The average Bonchev–Trinajstić information content (AvgIpc) is 2.57. The third-order valence-electron chi connectivity index (χ3n) is 2.89. The molecule has 2 N–H and O–H groups in total. The Morgan fingerprint density at radius 1 is 1.09 bits per heavy atom. The summed E-state index contributed by atoms with van der Waals surface area (Å²) in [7, 11) is 0. The Morgan fingerprint density at radius 3 is 2.43 bits per heavy atom. The van der Waals surface area contributed by atoms with E-state index in [4.69, 9.17) is 10.5 Å². The van der Waals surface area contributed by atoms with E-state index in [1.54, 1.807) is 30.3 Å². The van der Waals surface area contributed by atoms with E-state index in [2.05, 4.69) is 10.6 Å². The van der Waals surface area contributed by atoms with Gasteiger partial charge in [-0.15, -0.1) is 0 Å². The number of anilines is 2. The molecule has 0 bridgehead atoms. The van der Waals surface area contributed by atoms with Crippen molar-refractivity contribution in [3.63, 3.8) is 0 Å². The maximum Gasteiger partial charge on any atom is 0.267 e.